The van der Waals surface area contributed by atoms with Gasteiger partial charge in [0.2, 0.25) is 0 Å². The van der Waals surface area contributed by atoms with E-state index in [4.69, 9.17) is 9.47 Å². The van der Waals surface area contributed by atoms with E-state index in [9.17, 15) is 9.59 Å². The third-order valence-electron chi connectivity index (χ3n) is 7.67. The molecule has 31 heavy (non-hydrogen) atoms. The normalized spacial score (nSPS) is 19.4. The zero-order valence-corrected chi connectivity index (χ0v) is 21.8. The lowest BCUT2D eigenvalue weighted by Gasteiger charge is -2.56. The van der Waals surface area contributed by atoms with Crippen molar-refractivity contribution in [2.45, 2.75) is 130 Å². The van der Waals surface area contributed by atoms with Crippen LogP contribution in [0.5, 0.6) is 0 Å². The highest BCUT2D eigenvalue weighted by molar-refractivity contribution is 5.77. The van der Waals surface area contributed by atoms with Crippen molar-refractivity contribution in [1.82, 2.24) is 4.90 Å². The fraction of sp³-hybridized carbons (Fsp3) is 0.923. The lowest BCUT2D eigenvalue weighted by Crippen LogP contribution is -2.62. The van der Waals surface area contributed by atoms with Crippen LogP contribution in [-0.4, -0.2) is 46.7 Å². The molecule has 0 saturated carbocycles. The Bertz CT molecular complexity index is 558. The average Bonchev–Trinajstić information content (AvgIpc) is 2.68. The molecule has 0 aliphatic carbocycles. The lowest BCUT2D eigenvalue weighted by molar-refractivity contribution is -0.161. The van der Waals surface area contributed by atoms with E-state index in [2.05, 4.69) is 46.4 Å². The SMILES string of the molecule is CCC(CC)C1CC(C)(C)N(CCOC(=O)CCC(=O)OC(C)(CC)CC)C(C)(C)C1. The van der Waals surface area contributed by atoms with Crippen LogP contribution in [0, 0.1) is 11.8 Å². The summed E-state index contributed by atoms with van der Waals surface area (Å²) in [7, 11) is 0. The largest absolute Gasteiger partial charge is 0.464 e. The van der Waals surface area contributed by atoms with Crippen LogP contribution in [0.2, 0.25) is 0 Å². The minimum atomic E-state index is -0.446. The predicted octanol–water partition coefficient (Wildman–Crippen LogP) is 6.14. The van der Waals surface area contributed by atoms with Crippen LogP contribution in [-0.2, 0) is 19.1 Å². The molecule has 0 amide bonds. The van der Waals surface area contributed by atoms with E-state index < -0.39 is 5.60 Å². The highest BCUT2D eigenvalue weighted by atomic mass is 16.6. The molecule has 0 unspecified atom stereocenters. The number of ether oxygens (including phenoxy) is 2. The fourth-order valence-electron chi connectivity index (χ4n) is 5.54. The van der Waals surface area contributed by atoms with E-state index in [0.29, 0.717) is 6.61 Å². The first-order valence-corrected chi connectivity index (χ1v) is 12.5. The molecule has 0 spiro atoms. The Morgan fingerprint density at radius 3 is 1.87 bits per heavy atom. The Hall–Kier alpha value is -1.10. The molecule has 1 aliphatic heterocycles. The number of esters is 2. The van der Waals surface area contributed by atoms with Gasteiger partial charge >= 0.3 is 11.9 Å². The van der Waals surface area contributed by atoms with E-state index in [1.165, 1.54) is 25.7 Å². The van der Waals surface area contributed by atoms with E-state index in [-0.39, 0.29) is 35.9 Å². The number of piperidine rings is 1. The Morgan fingerprint density at radius 2 is 1.42 bits per heavy atom. The summed E-state index contributed by atoms with van der Waals surface area (Å²) in [5, 5.41) is 0. The average molecular weight is 440 g/mol. The van der Waals surface area contributed by atoms with E-state index >= 15 is 0 Å². The van der Waals surface area contributed by atoms with Gasteiger partial charge in [0.25, 0.3) is 0 Å². The summed E-state index contributed by atoms with van der Waals surface area (Å²) in [6.45, 7) is 20.9. The number of carbonyl (C=O) groups excluding carboxylic acids is 2. The maximum Gasteiger partial charge on any atom is 0.306 e. The summed E-state index contributed by atoms with van der Waals surface area (Å²) >= 11 is 0. The number of hydrogen-bond acceptors (Lipinski definition) is 5. The first-order chi connectivity index (χ1) is 14.3. The molecule has 0 aromatic heterocycles. The van der Waals surface area contributed by atoms with E-state index in [1.54, 1.807) is 0 Å². The molecule has 0 N–H and O–H groups in total. The van der Waals surface area contributed by atoms with Crippen LogP contribution in [0.4, 0.5) is 0 Å². The third kappa shape index (κ3) is 8.07. The molecule has 5 nitrogen and oxygen atoms in total. The monoisotopic (exact) mass is 439 g/mol. The van der Waals surface area contributed by atoms with Crippen LogP contribution in [0.3, 0.4) is 0 Å². The summed E-state index contributed by atoms with van der Waals surface area (Å²) in [6.07, 6.45) is 6.51. The minimum absolute atomic E-state index is 0.0655. The summed E-state index contributed by atoms with van der Waals surface area (Å²) in [4.78, 5) is 26.8. The Morgan fingerprint density at radius 1 is 0.935 bits per heavy atom. The molecule has 0 radical (unpaired) electrons. The summed E-state index contributed by atoms with van der Waals surface area (Å²) < 4.78 is 11.0. The zero-order valence-electron chi connectivity index (χ0n) is 21.8. The van der Waals surface area contributed by atoms with Crippen molar-refractivity contribution in [3.8, 4) is 0 Å². The Labute approximate surface area is 191 Å². The van der Waals surface area contributed by atoms with Gasteiger partial charge in [-0.3, -0.25) is 14.5 Å². The van der Waals surface area contributed by atoms with Gasteiger partial charge in [0.15, 0.2) is 0 Å². The van der Waals surface area contributed by atoms with Crippen molar-refractivity contribution in [2.24, 2.45) is 11.8 Å². The van der Waals surface area contributed by atoms with Gasteiger partial charge in [-0.15, -0.1) is 0 Å². The van der Waals surface area contributed by atoms with Crippen molar-refractivity contribution in [1.29, 1.82) is 0 Å². The van der Waals surface area contributed by atoms with Crippen LogP contribution >= 0.6 is 0 Å². The van der Waals surface area contributed by atoms with Gasteiger partial charge in [-0.2, -0.15) is 0 Å². The first kappa shape index (κ1) is 27.9. The van der Waals surface area contributed by atoms with Gasteiger partial charge in [-0.25, -0.2) is 0 Å². The van der Waals surface area contributed by atoms with Crippen LogP contribution in [0.25, 0.3) is 0 Å². The summed E-state index contributed by atoms with van der Waals surface area (Å²) in [5.74, 6) is 0.866. The van der Waals surface area contributed by atoms with Crippen molar-refractivity contribution in [3.05, 3.63) is 0 Å². The molecule has 1 aliphatic rings. The highest BCUT2D eigenvalue weighted by Crippen LogP contribution is 2.45. The Kier molecular flexibility index (Phi) is 10.5. The van der Waals surface area contributed by atoms with Crippen LogP contribution in [0.15, 0.2) is 0 Å². The second kappa shape index (κ2) is 11.7. The number of hydrogen-bond donors (Lipinski definition) is 0. The van der Waals surface area contributed by atoms with E-state index in [0.717, 1.165) is 31.2 Å². The van der Waals surface area contributed by atoms with Crippen molar-refractivity contribution < 1.29 is 19.1 Å². The quantitative estimate of drug-likeness (QED) is 0.342. The zero-order chi connectivity index (χ0) is 23.9. The fourth-order valence-corrected chi connectivity index (χ4v) is 5.54. The topological polar surface area (TPSA) is 55.8 Å². The summed E-state index contributed by atoms with van der Waals surface area (Å²) in [6, 6.07) is 0. The molecule has 0 bridgehead atoms. The molecular formula is C26H49NO4. The maximum atomic E-state index is 12.2. The predicted molar refractivity (Wildman–Crippen MR) is 127 cm³/mol. The second-order valence-corrected chi connectivity index (χ2v) is 10.9. The number of nitrogens with zero attached hydrogens (tertiary/aromatic N) is 1. The van der Waals surface area contributed by atoms with Gasteiger partial charge in [-0.1, -0.05) is 40.5 Å². The molecule has 182 valence electrons. The van der Waals surface area contributed by atoms with Crippen molar-refractivity contribution >= 4 is 11.9 Å². The molecule has 0 atom stereocenters. The third-order valence-corrected chi connectivity index (χ3v) is 7.67. The Balaban J connectivity index is 2.53. The highest BCUT2D eigenvalue weighted by Gasteiger charge is 2.46. The van der Waals surface area contributed by atoms with Gasteiger partial charge in [0.1, 0.15) is 12.2 Å². The number of carbonyl (C=O) groups is 2. The smallest absolute Gasteiger partial charge is 0.306 e. The first-order valence-electron chi connectivity index (χ1n) is 12.5. The molecule has 1 fully saturated rings. The van der Waals surface area contributed by atoms with Gasteiger partial charge in [0, 0.05) is 17.6 Å². The molecular weight excluding hydrogens is 390 g/mol. The molecule has 1 heterocycles. The molecule has 0 aromatic carbocycles. The minimum Gasteiger partial charge on any atom is -0.464 e. The van der Waals surface area contributed by atoms with Gasteiger partial charge in [-0.05, 0) is 72.1 Å². The molecule has 1 rings (SSSR count). The lowest BCUT2D eigenvalue weighted by atomic mass is 9.68. The number of rotatable bonds is 12. The number of likely N-dealkylation sites (tertiary alicyclic amines) is 1. The molecule has 0 aromatic rings. The van der Waals surface area contributed by atoms with Crippen LogP contribution < -0.4 is 0 Å². The standard InChI is InChI=1S/C26H49NO4/c1-10-20(11-2)21-18-24(5,6)27(25(7,8)19-21)16-17-30-22(28)14-15-23(29)31-26(9,12-3)13-4/h20-21H,10-19H2,1-9H3. The van der Waals surface area contributed by atoms with E-state index in [1.807, 2.05) is 20.8 Å². The molecule has 5 heteroatoms. The second-order valence-electron chi connectivity index (χ2n) is 10.9. The van der Waals surface area contributed by atoms with Crippen molar-refractivity contribution in [3.63, 3.8) is 0 Å². The van der Waals surface area contributed by atoms with Crippen molar-refractivity contribution in [2.75, 3.05) is 13.2 Å². The van der Waals surface area contributed by atoms with Gasteiger partial charge < -0.3 is 9.47 Å². The van der Waals surface area contributed by atoms with Crippen LogP contribution in [0.1, 0.15) is 114 Å². The summed E-state index contributed by atoms with van der Waals surface area (Å²) in [5.41, 5.74) is -0.315. The maximum absolute atomic E-state index is 12.2. The van der Waals surface area contributed by atoms with Gasteiger partial charge in [0.05, 0.1) is 12.8 Å². The molecule has 1 saturated heterocycles.